The van der Waals surface area contributed by atoms with Crippen molar-refractivity contribution in [1.29, 1.82) is 0 Å². The Hall–Kier alpha value is -1.76. The fraction of sp³-hybridized carbons (Fsp3) is 0.444. The van der Waals surface area contributed by atoms with Crippen molar-refractivity contribution in [2.24, 2.45) is 5.73 Å². The average Bonchev–Trinajstić information content (AvgIpc) is 3.24. The number of benzene rings is 1. The van der Waals surface area contributed by atoms with Gasteiger partial charge < -0.3 is 11.1 Å². The SMILES string of the molecule is NCCc1nc(C(=O)NCC2CCCN2Cc2ccccc2)cs1. The van der Waals surface area contributed by atoms with Crippen molar-refractivity contribution in [3.8, 4) is 0 Å². The van der Waals surface area contributed by atoms with Gasteiger partial charge in [0.1, 0.15) is 5.69 Å². The van der Waals surface area contributed by atoms with E-state index in [9.17, 15) is 4.79 Å². The molecule has 1 aromatic carbocycles. The Morgan fingerprint density at radius 2 is 2.21 bits per heavy atom. The zero-order chi connectivity index (χ0) is 16.8. The van der Waals surface area contributed by atoms with E-state index in [0.717, 1.165) is 30.9 Å². The average molecular weight is 344 g/mol. The van der Waals surface area contributed by atoms with Gasteiger partial charge in [0.05, 0.1) is 5.01 Å². The number of amides is 1. The van der Waals surface area contributed by atoms with E-state index in [1.807, 2.05) is 11.4 Å². The Bertz CT molecular complexity index is 658. The predicted molar refractivity (Wildman–Crippen MR) is 97.1 cm³/mol. The van der Waals surface area contributed by atoms with Gasteiger partial charge in [0.25, 0.3) is 5.91 Å². The first-order valence-corrected chi connectivity index (χ1v) is 9.35. The van der Waals surface area contributed by atoms with E-state index in [-0.39, 0.29) is 5.91 Å². The number of nitrogens with one attached hydrogen (secondary N) is 1. The highest BCUT2D eigenvalue weighted by atomic mass is 32.1. The van der Waals surface area contributed by atoms with Crippen LogP contribution in [-0.2, 0) is 13.0 Å². The van der Waals surface area contributed by atoms with Crippen molar-refractivity contribution in [2.75, 3.05) is 19.6 Å². The van der Waals surface area contributed by atoms with Gasteiger partial charge >= 0.3 is 0 Å². The largest absolute Gasteiger partial charge is 0.349 e. The Morgan fingerprint density at radius 1 is 1.38 bits per heavy atom. The smallest absolute Gasteiger partial charge is 0.270 e. The summed E-state index contributed by atoms with van der Waals surface area (Å²) in [5.41, 5.74) is 7.36. The number of rotatable bonds is 7. The molecule has 3 rings (SSSR count). The third kappa shape index (κ3) is 4.41. The topological polar surface area (TPSA) is 71.2 Å². The van der Waals surface area contributed by atoms with Gasteiger partial charge in [0, 0.05) is 30.9 Å². The Morgan fingerprint density at radius 3 is 3.00 bits per heavy atom. The summed E-state index contributed by atoms with van der Waals surface area (Å²) >= 11 is 1.50. The Labute approximate surface area is 146 Å². The zero-order valence-corrected chi connectivity index (χ0v) is 14.6. The van der Waals surface area contributed by atoms with Crippen LogP contribution in [0, 0.1) is 0 Å². The summed E-state index contributed by atoms with van der Waals surface area (Å²) < 4.78 is 0. The lowest BCUT2D eigenvalue weighted by atomic mass is 10.2. The van der Waals surface area contributed by atoms with Crippen molar-refractivity contribution in [3.05, 3.63) is 52.0 Å². The van der Waals surface area contributed by atoms with Crippen LogP contribution in [0.1, 0.15) is 33.9 Å². The first-order chi connectivity index (χ1) is 11.8. The molecule has 1 aromatic heterocycles. The molecule has 6 heteroatoms. The number of hydrogen-bond acceptors (Lipinski definition) is 5. The fourth-order valence-electron chi connectivity index (χ4n) is 3.11. The van der Waals surface area contributed by atoms with Crippen LogP contribution in [0.3, 0.4) is 0 Å². The van der Waals surface area contributed by atoms with Crippen molar-refractivity contribution >= 4 is 17.2 Å². The highest BCUT2D eigenvalue weighted by Gasteiger charge is 2.25. The van der Waals surface area contributed by atoms with Crippen LogP contribution in [0.4, 0.5) is 0 Å². The summed E-state index contributed by atoms with van der Waals surface area (Å²) in [5.74, 6) is -0.0823. The molecule has 1 unspecified atom stereocenters. The van der Waals surface area contributed by atoms with Crippen LogP contribution in [0.15, 0.2) is 35.7 Å². The standard InChI is InChI=1S/C18H24N4OS/c19-9-8-17-21-16(13-24-17)18(23)20-11-15-7-4-10-22(15)12-14-5-2-1-3-6-14/h1-3,5-6,13,15H,4,7-12,19H2,(H,20,23). The number of carbonyl (C=O) groups excluding carboxylic acids is 1. The van der Waals surface area contributed by atoms with E-state index >= 15 is 0 Å². The molecule has 3 N–H and O–H groups in total. The van der Waals surface area contributed by atoms with Gasteiger partial charge in [0.2, 0.25) is 0 Å². The summed E-state index contributed by atoms with van der Waals surface area (Å²) in [7, 11) is 0. The van der Waals surface area contributed by atoms with Gasteiger partial charge in [-0.15, -0.1) is 11.3 Å². The van der Waals surface area contributed by atoms with Gasteiger partial charge in [-0.2, -0.15) is 0 Å². The van der Waals surface area contributed by atoms with Crippen LogP contribution < -0.4 is 11.1 Å². The maximum atomic E-state index is 12.3. The van der Waals surface area contributed by atoms with Gasteiger partial charge in [-0.3, -0.25) is 9.69 Å². The molecule has 24 heavy (non-hydrogen) atoms. The highest BCUT2D eigenvalue weighted by molar-refractivity contribution is 7.09. The molecule has 1 fully saturated rings. The minimum atomic E-state index is -0.0823. The molecule has 0 spiro atoms. The van der Waals surface area contributed by atoms with Crippen LogP contribution in [-0.4, -0.2) is 41.5 Å². The van der Waals surface area contributed by atoms with Crippen LogP contribution in [0.5, 0.6) is 0 Å². The number of carbonyl (C=O) groups is 1. The normalized spacial score (nSPS) is 18.0. The van der Waals surface area contributed by atoms with E-state index in [1.54, 1.807) is 0 Å². The van der Waals surface area contributed by atoms with Crippen molar-refractivity contribution in [2.45, 2.75) is 31.8 Å². The molecular formula is C18H24N4OS. The van der Waals surface area contributed by atoms with E-state index < -0.39 is 0 Å². The molecule has 1 aliphatic heterocycles. The van der Waals surface area contributed by atoms with E-state index in [2.05, 4.69) is 39.5 Å². The molecule has 1 saturated heterocycles. The molecular weight excluding hydrogens is 320 g/mol. The minimum absolute atomic E-state index is 0.0823. The van der Waals surface area contributed by atoms with Gasteiger partial charge in [-0.25, -0.2) is 4.98 Å². The van der Waals surface area contributed by atoms with Crippen LogP contribution >= 0.6 is 11.3 Å². The quantitative estimate of drug-likeness (QED) is 0.806. The van der Waals surface area contributed by atoms with Gasteiger partial charge in [-0.05, 0) is 31.5 Å². The Balaban J connectivity index is 1.52. The molecule has 1 aliphatic rings. The maximum Gasteiger partial charge on any atom is 0.270 e. The monoisotopic (exact) mass is 344 g/mol. The van der Waals surface area contributed by atoms with Crippen LogP contribution in [0.25, 0.3) is 0 Å². The second-order valence-electron chi connectivity index (χ2n) is 6.13. The molecule has 0 aliphatic carbocycles. The van der Waals surface area contributed by atoms with E-state index in [0.29, 0.717) is 24.8 Å². The molecule has 2 aromatic rings. The molecule has 128 valence electrons. The lowest BCUT2D eigenvalue weighted by Gasteiger charge is -2.24. The lowest BCUT2D eigenvalue weighted by Crippen LogP contribution is -2.39. The first kappa shape index (κ1) is 17.1. The molecule has 1 atom stereocenters. The molecule has 2 heterocycles. The van der Waals surface area contributed by atoms with Crippen molar-refractivity contribution in [1.82, 2.24) is 15.2 Å². The number of aromatic nitrogens is 1. The molecule has 1 amide bonds. The number of hydrogen-bond donors (Lipinski definition) is 2. The number of thiazole rings is 1. The summed E-state index contributed by atoms with van der Waals surface area (Å²) in [6.07, 6.45) is 3.04. The second kappa shape index (κ2) is 8.37. The number of nitrogens with zero attached hydrogens (tertiary/aromatic N) is 2. The van der Waals surface area contributed by atoms with E-state index in [1.165, 1.54) is 23.3 Å². The van der Waals surface area contributed by atoms with Gasteiger partial charge in [0.15, 0.2) is 0 Å². The fourth-order valence-corrected chi connectivity index (χ4v) is 3.90. The highest BCUT2D eigenvalue weighted by Crippen LogP contribution is 2.19. The minimum Gasteiger partial charge on any atom is -0.349 e. The van der Waals surface area contributed by atoms with Crippen molar-refractivity contribution < 1.29 is 4.79 Å². The third-order valence-corrected chi connectivity index (χ3v) is 5.28. The molecule has 0 saturated carbocycles. The zero-order valence-electron chi connectivity index (χ0n) is 13.8. The number of likely N-dealkylation sites (tertiary alicyclic amines) is 1. The molecule has 0 radical (unpaired) electrons. The second-order valence-corrected chi connectivity index (χ2v) is 7.07. The van der Waals surface area contributed by atoms with Gasteiger partial charge in [-0.1, -0.05) is 30.3 Å². The Kier molecular flexibility index (Phi) is 5.96. The summed E-state index contributed by atoms with van der Waals surface area (Å²) in [5, 5.41) is 5.79. The molecule has 0 bridgehead atoms. The number of nitrogens with two attached hydrogens (primary N) is 1. The van der Waals surface area contributed by atoms with Crippen molar-refractivity contribution in [3.63, 3.8) is 0 Å². The first-order valence-electron chi connectivity index (χ1n) is 8.47. The summed E-state index contributed by atoms with van der Waals surface area (Å²) in [6.45, 7) is 3.27. The third-order valence-electron chi connectivity index (χ3n) is 4.37. The predicted octanol–water partition coefficient (Wildman–Crippen LogP) is 2.04. The summed E-state index contributed by atoms with van der Waals surface area (Å²) in [4.78, 5) is 19.1. The maximum absolute atomic E-state index is 12.3. The molecule has 5 nitrogen and oxygen atoms in total. The summed E-state index contributed by atoms with van der Waals surface area (Å²) in [6, 6.07) is 10.9. The van der Waals surface area contributed by atoms with Crippen LogP contribution in [0.2, 0.25) is 0 Å². The lowest BCUT2D eigenvalue weighted by molar-refractivity contribution is 0.0935. The van der Waals surface area contributed by atoms with E-state index in [4.69, 9.17) is 5.73 Å².